The average molecular weight is 423 g/mol. The molecular formula is C27H22FN3O. The van der Waals surface area contributed by atoms with Crippen LogP contribution in [0.2, 0.25) is 0 Å². The van der Waals surface area contributed by atoms with Crippen LogP contribution < -0.4 is 9.64 Å². The monoisotopic (exact) mass is 423 g/mol. The first kappa shape index (κ1) is 21.1. The molecule has 1 aromatic heterocycles. The molecule has 4 aromatic rings. The van der Waals surface area contributed by atoms with Gasteiger partial charge in [0, 0.05) is 17.9 Å². The van der Waals surface area contributed by atoms with Gasteiger partial charge in [-0.25, -0.2) is 9.37 Å². The molecule has 0 radical (unpaired) electrons. The van der Waals surface area contributed by atoms with Gasteiger partial charge in [0.1, 0.15) is 23.1 Å². The minimum Gasteiger partial charge on any atom is -0.457 e. The van der Waals surface area contributed by atoms with E-state index in [1.165, 1.54) is 12.1 Å². The van der Waals surface area contributed by atoms with Crippen LogP contribution in [0.3, 0.4) is 0 Å². The predicted octanol–water partition coefficient (Wildman–Crippen LogP) is 7.04. The number of aryl methyl sites for hydroxylation is 1. The van der Waals surface area contributed by atoms with Crippen molar-refractivity contribution in [3.05, 3.63) is 103 Å². The fourth-order valence-corrected chi connectivity index (χ4v) is 3.46. The standard InChI is InChI=1S/C27H22FN3O/c1-20-18-22(19-27(30-20)31(17-5-16-29)24-6-3-2-4-7-24)21-8-12-25(13-9-21)32-26-14-10-23(28)11-15-26/h2-4,6-15,18-19H,5,17H2,1H3. The summed E-state index contributed by atoms with van der Waals surface area (Å²) in [6.07, 6.45) is 0.398. The molecule has 32 heavy (non-hydrogen) atoms. The highest BCUT2D eigenvalue weighted by atomic mass is 19.1. The van der Waals surface area contributed by atoms with Crippen molar-refractivity contribution < 1.29 is 9.13 Å². The highest BCUT2D eigenvalue weighted by molar-refractivity contribution is 5.71. The lowest BCUT2D eigenvalue weighted by atomic mass is 10.1. The number of para-hydroxylation sites is 1. The molecule has 158 valence electrons. The SMILES string of the molecule is Cc1cc(-c2ccc(Oc3ccc(F)cc3)cc2)cc(N(CCC#N)c2ccccc2)n1. The van der Waals surface area contributed by atoms with Crippen LogP contribution in [-0.4, -0.2) is 11.5 Å². The topological polar surface area (TPSA) is 49.1 Å². The van der Waals surface area contributed by atoms with Gasteiger partial charge in [-0.3, -0.25) is 0 Å². The Kier molecular flexibility index (Phi) is 6.43. The first-order valence-corrected chi connectivity index (χ1v) is 10.3. The molecule has 1 heterocycles. The number of hydrogen-bond acceptors (Lipinski definition) is 4. The molecule has 3 aromatic carbocycles. The second-order valence-corrected chi connectivity index (χ2v) is 7.33. The lowest BCUT2D eigenvalue weighted by molar-refractivity contribution is 0.480. The van der Waals surface area contributed by atoms with Crippen LogP contribution in [-0.2, 0) is 0 Å². The number of nitrogens with zero attached hydrogens (tertiary/aromatic N) is 3. The molecule has 5 heteroatoms. The summed E-state index contributed by atoms with van der Waals surface area (Å²) >= 11 is 0. The molecule has 0 saturated carbocycles. The third-order valence-corrected chi connectivity index (χ3v) is 4.97. The minimum absolute atomic E-state index is 0.295. The molecule has 0 N–H and O–H groups in total. The number of aromatic nitrogens is 1. The van der Waals surface area contributed by atoms with Crippen LogP contribution >= 0.6 is 0 Å². The molecule has 0 aliphatic carbocycles. The Morgan fingerprint density at radius 3 is 2.19 bits per heavy atom. The van der Waals surface area contributed by atoms with Crippen molar-refractivity contribution >= 4 is 11.5 Å². The average Bonchev–Trinajstić information content (AvgIpc) is 2.82. The fraction of sp³-hybridized carbons (Fsp3) is 0.111. The number of benzene rings is 3. The van der Waals surface area contributed by atoms with Gasteiger partial charge < -0.3 is 9.64 Å². The number of ether oxygens (including phenoxy) is 1. The van der Waals surface area contributed by atoms with Gasteiger partial charge in [-0.05, 0) is 78.7 Å². The van der Waals surface area contributed by atoms with E-state index in [2.05, 4.69) is 11.0 Å². The van der Waals surface area contributed by atoms with Crippen LogP contribution in [0.15, 0.2) is 91.0 Å². The zero-order valence-corrected chi connectivity index (χ0v) is 17.7. The molecule has 0 amide bonds. The van der Waals surface area contributed by atoms with E-state index in [1.54, 1.807) is 12.1 Å². The Labute approximate surface area is 187 Å². The molecule has 4 rings (SSSR count). The van der Waals surface area contributed by atoms with Crippen molar-refractivity contribution in [2.75, 3.05) is 11.4 Å². The Morgan fingerprint density at radius 2 is 1.53 bits per heavy atom. The fourth-order valence-electron chi connectivity index (χ4n) is 3.46. The normalized spacial score (nSPS) is 10.4. The summed E-state index contributed by atoms with van der Waals surface area (Å²) in [6, 6.07) is 29.9. The van der Waals surface area contributed by atoms with Crippen LogP contribution in [0.5, 0.6) is 11.5 Å². The van der Waals surface area contributed by atoms with Crippen LogP contribution in [0.25, 0.3) is 11.1 Å². The number of hydrogen-bond donors (Lipinski definition) is 0. The van der Waals surface area contributed by atoms with E-state index < -0.39 is 0 Å². The summed E-state index contributed by atoms with van der Waals surface area (Å²) < 4.78 is 18.9. The molecule has 0 aliphatic rings. The van der Waals surface area contributed by atoms with Gasteiger partial charge in [0.05, 0.1) is 12.5 Å². The van der Waals surface area contributed by atoms with E-state index in [0.29, 0.717) is 24.5 Å². The third-order valence-electron chi connectivity index (χ3n) is 4.97. The molecular weight excluding hydrogens is 401 g/mol. The summed E-state index contributed by atoms with van der Waals surface area (Å²) in [5, 5.41) is 9.11. The number of nitriles is 1. The van der Waals surface area contributed by atoms with Crippen molar-refractivity contribution in [2.24, 2.45) is 0 Å². The molecule has 0 spiro atoms. The van der Waals surface area contributed by atoms with Crippen LogP contribution in [0.4, 0.5) is 15.9 Å². The van der Waals surface area contributed by atoms with E-state index >= 15 is 0 Å². The maximum absolute atomic E-state index is 13.1. The first-order valence-electron chi connectivity index (χ1n) is 10.3. The number of pyridine rings is 1. The smallest absolute Gasteiger partial charge is 0.133 e. The van der Waals surface area contributed by atoms with Crippen LogP contribution in [0.1, 0.15) is 12.1 Å². The lowest BCUT2D eigenvalue weighted by Gasteiger charge is -2.24. The molecule has 0 bridgehead atoms. The first-order chi connectivity index (χ1) is 15.6. The molecule has 0 atom stereocenters. The van der Waals surface area contributed by atoms with Crippen molar-refractivity contribution in [1.29, 1.82) is 5.26 Å². The summed E-state index contributed by atoms with van der Waals surface area (Å²) in [7, 11) is 0. The molecule has 0 unspecified atom stereocenters. The maximum Gasteiger partial charge on any atom is 0.133 e. The number of rotatable bonds is 7. The van der Waals surface area contributed by atoms with Gasteiger partial charge in [0.15, 0.2) is 0 Å². The molecule has 4 nitrogen and oxygen atoms in total. The third kappa shape index (κ3) is 5.11. The van der Waals surface area contributed by atoms with Gasteiger partial charge in [-0.1, -0.05) is 30.3 Å². The second kappa shape index (κ2) is 9.76. The number of halogens is 1. The summed E-state index contributed by atoms with van der Waals surface area (Å²) in [4.78, 5) is 6.79. The Hall–Kier alpha value is -4.17. The summed E-state index contributed by atoms with van der Waals surface area (Å²) in [6.45, 7) is 2.52. The lowest BCUT2D eigenvalue weighted by Crippen LogP contribution is -2.19. The quantitative estimate of drug-likeness (QED) is 0.320. The number of anilines is 2. The van der Waals surface area contributed by atoms with Crippen molar-refractivity contribution in [2.45, 2.75) is 13.3 Å². The van der Waals surface area contributed by atoms with Gasteiger partial charge in [-0.2, -0.15) is 5.26 Å². The summed E-state index contributed by atoms with van der Waals surface area (Å²) in [5.74, 6) is 1.76. The zero-order chi connectivity index (χ0) is 22.3. The van der Waals surface area contributed by atoms with E-state index in [-0.39, 0.29) is 5.82 Å². The van der Waals surface area contributed by atoms with E-state index in [9.17, 15) is 4.39 Å². The Bertz CT molecular complexity index is 1220. The van der Waals surface area contributed by atoms with Crippen molar-refractivity contribution in [3.63, 3.8) is 0 Å². The van der Waals surface area contributed by atoms with Crippen molar-refractivity contribution in [1.82, 2.24) is 4.98 Å². The van der Waals surface area contributed by atoms with Crippen LogP contribution in [0, 0.1) is 24.1 Å². The van der Waals surface area contributed by atoms with Gasteiger partial charge >= 0.3 is 0 Å². The summed E-state index contributed by atoms with van der Waals surface area (Å²) in [5.41, 5.74) is 3.94. The molecule has 0 fully saturated rings. The molecule has 0 aliphatic heterocycles. The van der Waals surface area contributed by atoms with Crippen molar-refractivity contribution in [3.8, 4) is 28.7 Å². The predicted molar refractivity (Wildman–Crippen MR) is 125 cm³/mol. The van der Waals surface area contributed by atoms with Gasteiger partial charge in [0.2, 0.25) is 0 Å². The van der Waals surface area contributed by atoms with E-state index in [4.69, 9.17) is 15.0 Å². The zero-order valence-electron chi connectivity index (χ0n) is 17.7. The Morgan fingerprint density at radius 1 is 0.875 bits per heavy atom. The highest BCUT2D eigenvalue weighted by Crippen LogP contribution is 2.31. The van der Waals surface area contributed by atoms with E-state index in [0.717, 1.165) is 28.3 Å². The van der Waals surface area contributed by atoms with Gasteiger partial charge in [-0.15, -0.1) is 0 Å². The van der Waals surface area contributed by atoms with E-state index in [1.807, 2.05) is 73.7 Å². The molecule has 0 saturated heterocycles. The van der Waals surface area contributed by atoms with Gasteiger partial charge in [0.25, 0.3) is 0 Å². The minimum atomic E-state index is -0.295. The maximum atomic E-state index is 13.1. The largest absolute Gasteiger partial charge is 0.457 e. The second-order valence-electron chi connectivity index (χ2n) is 7.33. The Balaban J connectivity index is 1.61. The highest BCUT2D eigenvalue weighted by Gasteiger charge is 2.13.